The van der Waals surface area contributed by atoms with Gasteiger partial charge in [0.25, 0.3) is 5.91 Å². The smallest absolute Gasteiger partial charge is 0.259 e. The number of anilines is 2. The van der Waals surface area contributed by atoms with Crippen molar-refractivity contribution in [1.29, 1.82) is 0 Å². The van der Waals surface area contributed by atoms with Crippen LogP contribution in [0.2, 0.25) is 0 Å². The van der Waals surface area contributed by atoms with Crippen LogP contribution in [0.4, 0.5) is 11.4 Å². The first kappa shape index (κ1) is 14.9. The van der Waals surface area contributed by atoms with Gasteiger partial charge in [0.05, 0.1) is 11.4 Å². The molecule has 0 aromatic heterocycles. The molecule has 0 saturated heterocycles. The van der Waals surface area contributed by atoms with E-state index < -0.39 is 0 Å². The Morgan fingerprint density at radius 2 is 1.75 bits per heavy atom. The quantitative estimate of drug-likeness (QED) is 0.739. The minimum Gasteiger partial charge on any atom is -0.324 e. The predicted molar refractivity (Wildman–Crippen MR) is 98.4 cm³/mol. The highest BCUT2D eigenvalue weighted by Gasteiger charge is 2.30. The fourth-order valence-corrected chi connectivity index (χ4v) is 3.42. The Hall–Kier alpha value is -2.66. The molecule has 1 aliphatic heterocycles. The molecule has 0 fully saturated rings. The van der Waals surface area contributed by atoms with Gasteiger partial charge in [-0.25, -0.2) is 0 Å². The second-order valence-electron chi connectivity index (χ2n) is 5.60. The Morgan fingerprint density at radius 3 is 2.54 bits per heavy atom. The first-order valence-electron chi connectivity index (χ1n) is 7.53. The van der Waals surface area contributed by atoms with Gasteiger partial charge < -0.3 is 5.32 Å². The summed E-state index contributed by atoms with van der Waals surface area (Å²) in [4.78, 5) is 26.6. The summed E-state index contributed by atoms with van der Waals surface area (Å²) in [6.07, 6.45) is 0. The minimum atomic E-state index is -0.236. The number of carbonyl (C=O) groups excluding carboxylic acids is 2. The number of hydrogen-bond donors (Lipinski definition) is 1. The molecule has 4 nitrogen and oxygen atoms in total. The van der Waals surface area contributed by atoms with Crippen LogP contribution in [-0.2, 0) is 4.79 Å². The summed E-state index contributed by atoms with van der Waals surface area (Å²) < 4.78 is 0.802. The molecule has 1 heterocycles. The molecule has 3 aromatic carbocycles. The van der Waals surface area contributed by atoms with Gasteiger partial charge in [-0.1, -0.05) is 36.4 Å². The zero-order chi connectivity index (χ0) is 16.7. The number of para-hydroxylation sites is 1. The molecule has 2 amide bonds. The standard InChI is InChI=1S/C19H13BrN2O2/c20-14-8-1-2-9-15(14)21-17(23)11-22-16-10-4-6-12-5-3-7-13(18(12)16)19(22)24/h1-10H,11H2,(H,21,23). The van der Waals surface area contributed by atoms with Crippen LogP contribution in [0.3, 0.4) is 0 Å². The summed E-state index contributed by atoms with van der Waals surface area (Å²) in [5.74, 6) is -0.371. The van der Waals surface area contributed by atoms with Crippen LogP contribution in [0.1, 0.15) is 10.4 Å². The molecule has 118 valence electrons. The number of carbonyl (C=O) groups is 2. The third-order valence-corrected chi connectivity index (χ3v) is 4.79. The number of nitrogens with one attached hydrogen (secondary N) is 1. The number of rotatable bonds is 3. The van der Waals surface area contributed by atoms with E-state index in [2.05, 4.69) is 21.2 Å². The normalized spacial score (nSPS) is 12.7. The maximum Gasteiger partial charge on any atom is 0.259 e. The number of benzene rings is 3. The molecular formula is C19H13BrN2O2. The molecule has 0 unspecified atom stereocenters. The summed E-state index contributed by atoms with van der Waals surface area (Å²) in [7, 11) is 0. The summed E-state index contributed by atoms with van der Waals surface area (Å²) in [5.41, 5.74) is 2.12. The molecule has 4 rings (SSSR count). The van der Waals surface area contributed by atoms with Crippen molar-refractivity contribution in [2.75, 3.05) is 16.8 Å². The van der Waals surface area contributed by atoms with Crippen molar-refractivity contribution in [2.45, 2.75) is 0 Å². The monoisotopic (exact) mass is 380 g/mol. The van der Waals surface area contributed by atoms with Gasteiger partial charge in [0.15, 0.2) is 0 Å². The van der Waals surface area contributed by atoms with Gasteiger partial charge in [0, 0.05) is 15.4 Å². The van der Waals surface area contributed by atoms with E-state index in [1.165, 1.54) is 4.90 Å². The third-order valence-electron chi connectivity index (χ3n) is 4.10. The van der Waals surface area contributed by atoms with Crippen LogP contribution in [0.5, 0.6) is 0 Å². The average molecular weight is 381 g/mol. The molecule has 0 bridgehead atoms. The number of halogens is 1. The van der Waals surface area contributed by atoms with Crippen LogP contribution in [0.15, 0.2) is 65.1 Å². The molecule has 1 aliphatic rings. The van der Waals surface area contributed by atoms with Crippen molar-refractivity contribution in [3.63, 3.8) is 0 Å². The molecule has 0 spiro atoms. The van der Waals surface area contributed by atoms with Gasteiger partial charge in [-0.05, 0) is 45.6 Å². The lowest BCUT2D eigenvalue weighted by molar-refractivity contribution is -0.114. The van der Waals surface area contributed by atoms with Crippen molar-refractivity contribution in [3.8, 4) is 0 Å². The first-order valence-corrected chi connectivity index (χ1v) is 8.32. The summed E-state index contributed by atoms with van der Waals surface area (Å²) >= 11 is 3.40. The molecule has 3 aromatic rings. The summed E-state index contributed by atoms with van der Waals surface area (Å²) in [5, 5.41) is 4.76. The Morgan fingerprint density at radius 1 is 1.00 bits per heavy atom. The Labute approximate surface area is 147 Å². The van der Waals surface area contributed by atoms with E-state index in [-0.39, 0.29) is 18.4 Å². The van der Waals surface area contributed by atoms with E-state index >= 15 is 0 Å². The second kappa shape index (κ2) is 5.76. The summed E-state index contributed by atoms with van der Waals surface area (Å²) in [6.45, 7) is -0.0199. The van der Waals surface area contributed by atoms with E-state index in [4.69, 9.17) is 0 Å². The molecule has 0 saturated carbocycles. The van der Waals surface area contributed by atoms with E-state index in [0.717, 1.165) is 20.9 Å². The number of hydrogen-bond acceptors (Lipinski definition) is 2. The predicted octanol–water partition coefficient (Wildman–Crippen LogP) is 4.20. The van der Waals surface area contributed by atoms with Crippen LogP contribution >= 0.6 is 15.9 Å². The van der Waals surface area contributed by atoms with Gasteiger partial charge in [-0.2, -0.15) is 0 Å². The van der Waals surface area contributed by atoms with Crippen molar-refractivity contribution in [3.05, 3.63) is 70.7 Å². The highest BCUT2D eigenvalue weighted by molar-refractivity contribution is 9.10. The molecule has 1 N–H and O–H groups in total. The van der Waals surface area contributed by atoms with Crippen molar-refractivity contribution in [2.24, 2.45) is 0 Å². The van der Waals surface area contributed by atoms with E-state index in [0.29, 0.717) is 11.3 Å². The minimum absolute atomic E-state index is 0.0199. The van der Waals surface area contributed by atoms with Crippen LogP contribution < -0.4 is 10.2 Å². The maximum atomic E-state index is 12.7. The lowest BCUT2D eigenvalue weighted by Gasteiger charge is -2.17. The lowest BCUT2D eigenvalue weighted by Crippen LogP contribution is -2.35. The first-order chi connectivity index (χ1) is 11.6. The number of amides is 2. The second-order valence-corrected chi connectivity index (χ2v) is 6.45. The maximum absolute atomic E-state index is 12.7. The molecule has 24 heavy (non-hydrogen) atoms. The van der Waals surface area contributed by atoms with Gasteiger partial charge in [0.1, 0.15) is 6.54 Å². The van der Waals surface area contributed by atoms with E-state index in [1.54, 1.807) is 6.07 Å². The average Bonchev–Trinajstić information content (AvgIpc) is 2.85. The molecule has 5 heteroatoms. The lowest BCUT2D eigenvalue weighted by atomic mass is 10.1. The zero-order valence-corrected chi connectivity index (χ0v) is 14.2. The van der Waals surface area contributed by atoms with Crippen LogP contribution in [0, 0.1) is 0 Å². The highest BCUT2D eigenvalue weighted by atomic mass is 79.9. The largest absolute Gasteiger partial charge is 0.324 e. The highest BCUT2D eigenvalue weighted by Crippen LogP contribution is 2.37. The zero-order valence-electron chi connectivity index (χ0n) is 12.6. The van der Waals surface area contributed by atoms with Crippen molar-refractivity contribution >= 4 is 49.9 Å². The van der Waals surface area contributed by atoms with Gasteiger partial charge >= 0.3 is 0 Å². The Bertz CT molecular complexity index is 979. The molecule has 0 aliphatic carbocycles. The van der Waals surface area contributed by atoms with Crippen molar-refractivity contribution in [1.82, 2.24) is 0 Å². The van der Waals surface area contributed by atoms with Gasteiger partial charge in [-0.3, -0.25) is 14.5 Å². The van der Waals surface area contributed by atoms with E-state index in [1.807, 2.05) is 54.6 Å². The topological polar surface area (TPSA) is 49.4 Å². The molecule has 0 atom stereocenters. The van der Waals surface area contributed by atoms with Gasteiger partial charge in [0.2, 0.25) is 5.91 Å². The SMILES string of the molecule is O=C(CN1C(=O)c2cccc3cccc1c23)Nc1ccccc1Br. The number of nitrogens with zero attached hydrogens (tertiary/aromatic N) is 1. The van der Waals surface area contributed by atoms with Gasteiger partial charge in [-0.15, -0.1) is 0 Å². The van der Waals surface area contributed by atoms with Crippen LogP contribution in [-0.4, -0.2) is 18.4 Å². The Kier molecular flexibility index (Phi) is 3.58. The van der Waals surface area contributed by atoms with Crippen molar-refractivity contribution < 1.29 is 9.59 Å². The molecular weight excluding hydrogens is 368 g/mol. The van der Waals surface area contributed by atoms with E-state index in [9.17, 15) is 9.59 Å². The summed E-state index contributed by atoms with van der Waals surface area (Å²) in [6, 6.07) is 18.8. The molecule has 0 radical (unpaired) electrons. The fourth-order valence-electron chi connectivity index (χ4n) is 3.03. The fraction of sp³-hybridized carbons (Fsp3) is 0.0526. The Balaban J connectivity index is 1.62. The van der Waals surface area contributed by atoms with Crippen LogP contribution in [0.25, 0.3) is 10.8 Å². The third kappa shape index (κ3) is 2.37.